The molecule has 0 aliphatic carbocycles. The third kappa shape index (κ3) is 2.16. The summed E-state index contributed by atoms with van der Waals surface area (Å²) in [5.41, 5.74) is 0. The van der Waals surface area contributed by atoms with Gasteiger partial charge in [0, 0.05) is 6.54 Å². The van der Waals surface area contributed by atoms with Gasteiger partial charge in [0.05, 0.1) is 18.8 Å². The second-order valence-electron chi connectivity index (χ2n) is 4.52. The first-order chi connectivity index (χ1) is 7.22. The number of hydrogen-bond acceptors (Lipinski definition) is 3. The highest BCUT2D eigenvalue weighted by Gasteiger charge is 2.36. The van der Waals surface area contributed by atoms with Gasteiger partial charge in [-0.25, -0.2) is 0 Å². The largest absolute Gasteiger partial charge is 0.394 e. The van der Waals surface area contributed by atoms with E-state index in [2.05, 4.69) is 0 Å². The zero-order valence-corrected chi connectivity index (χ0v) is 9.19. The number of carbonyl (C=O) groups is 1. The van der Waals surface area contributed by atoms with Crippen molar-refractivity contribution < 1.29 is 14.6 Å². The van der Waals surface area contributed by atoms with Crippen molar-refractivity contribution in [2.24, 2.45) is 0 Å². The molecule has 2 heterocycles. The molecule has 0 radical (unpaired) electrons. The molecule has 2 aliphatic heterocycles. The fourth-order valence-corrected chi connectivity index (χ4v) is 2.48. The maximum absolute atomic E-state index is 12.1. The van der Waals surface area contributed by atoms with Crippen LogP contribution in [0, 0.1) is 0 Å². The van der Waals surface area contributed by atoms with Gasteiger partial charge in [0.1, 0.15) is 6.10 Å². The zero-order valence-electron chi connectivity index (χ0n) is 9.19. The monoisotopic (exact) mass is 213 g/mol. The molecule has 0 bridgehead atoms. The van der Waals surface area contributed by atoms with Crippen molar-refractivity contribution in [2.75, 3.05) is 13.2 Å². The second kappa shape index (κ2) is 4.49. The number of amides is 1. The van der Waals surface area contributed by atoms with Crippen molar-refractivity contribution >= 4 is 5.91 Å². The van der Waals surface area contributed by atoms with Crippen molar-refractivity contribution in [3.8, 4) is 0 Å². The lowest BCUT2D eigenvalue weighted by molar-refractivity contribution is -0.144. The Labute approximate surface area is 90.2 Å². The van der Waals surface area contributed by atoms with E-state index in [1.807, 2.05) is 6.92 Å². The predicted molar refractivity (Wildman–Crippen MR) is 55.4 cm³/mol. The predicted octanol–water partition coefficient (Wildman–Crippen LogP) is 0.537. The fraction of sp³-hybridized carbons (Fsp3) is 0.909. The second-order valence-corrected chi connectivity index (χ2v) is 4.52. The van der Waals surface area contributed by atoms with E-state index in [0.717, 1.165) is 32.2 Å². The summed E-state index contributed by atoms with van der Waals surface area (Å²) in [7, 11) is 0. The topological polar surface area (TPSA) is 49.8 Å². The number of nitrogens with zero attached hydrogens (tertiary/aromatic N) is 1. The quantitative estimate of drug-likeness (QED) is 0.728. The number of carbonyl (C=O) groups excluding carboxylic acids is 1. The molecule has 0 spiro atoms. The van der Waals surface area contributed by atoms with Gasteiger partial charge in [-0.1, -0.05) is 0 Å². The van der Waals surface area contributed by atoms with Crippen LogP contribution in [0.15, 0.2) is 0 Å². The van der Waals surface area contributed by atoms with Gasteiger partial charge in [-0.05, 0) is 32.6 Å². The Balaban J connectivity index is 1.95. The molecule has 2 fully saturated rings. The molecule has 2 unspecified atom stereocenters. The third-order valence-electron chi connectivity index (χ3n) is 3.38. The van der Waals surface area contributed by atoms with E-state index >= 15 is 0 Å². The number of ether oxygens (including phenoxy) is 1. The molecule has 0 saturated carbocycles. The highest BCUT2D eigenvalue weighted by atomic mass is 16.5. The summed E-state index contributed by atoms with van der Waals surface area (Å²) in [6.45, 7) is 2.85. The van der Waals surface area contributed by atoms with Crippen LogP contribution in [-0.2, 0) is 9.53 Å². The van der Waals surface area contributed by atoms with Crippen LogP contribution in [-0.4, -0.2) is 47.3 Å². The van der Waals surface area contributed by atoms with Crippen LogP contribution in [0.4, 0.5) is 0 Å². The molecule has 3 atom stereocenters. The first kappa shape index (κ1) is 10.9. The summed E-state index contributed by atoms with van der Waals surface area (Å²) >= 11 is 0. The van der Waals surface area contributed by atoms with Gasteiger partial charge in [-0.2, -0.15) is 0 Å². The summed E-state index contributed by atoms with van der Waals surface area (Å²) in [5, 5.41) is 9.15. The average molecular weight is 213 g/mol. The molecule has 0 aromatic heterocycles. The van der Waals surface area contributed by atoms with E-state index in [4.69, 9.17) is 9.84 Å². The third-order valence-corrected chi connectivity index (χ3v) is 3.38. The smallest absolute Gasteiger partial charge is 0.252 e. The summed E-state index contributed by atoms with van der Waals surface area (Å²) in [4.78, 5) is 13.8. The summed E-state index contributed by atoms with van der Waals surface area (Å²) in [6, 6.07) is 0.0250. The van der Waals surface area contributed by atoms with E-state index in [-0.39, 0.29) is 30.8 Å². The van der Waals surface area contributed by atoms with Crippen LogP contribution in [0.2, 0.25) is 0 Å². The van der Waals surface area contributed by atoms with Gasteiger partial charge in [0.25, 0.3) is 5.91 Å². The molecule has 2 rings (SSSR count). The van der Waals surface area contributed by atoms with Gasteiger partial charge in [0.2, 0.25) is 0 Å². The van der Waals surface area contributed by atoms with E-state index in [0.29, 0.717) is 0 Å². The minimum atomic E-state index is -0.257. The Morgan fingerprint density at radius 1 is 1.47 bits per heavy atom. The molecule has 2 saturated heterocycles. The molecule has 86 valence electrons. The molecule has 2 aliphatic rings. The van der Waals surface area contributed by atoms with Crippen LogP contribution in [0.25, 0.3) is 0 Å². The average Bonchev–Trinajstić information content (AvgIpc) is 2.84. The van der Waals surface area contributed by atoms with Crippen LogP contribution in [0.5, 0.6) is 0 Å². The van der Waals surface area contributed by atoms with Gasteiger partial charge in [0.15, 0.2) is 0 Å². The normalized spacial score (nSPS) is 36.1. The lowest BCUT2D eigenvalue weighted by Crippen LogP contribution is -2.43. The van der Waals surface area contributed by atoms with Crippen LogP contribution in [0.1, 0.15) is 32.6 Å². The standard InChI is InChI=1S/C11H19NO3/c1-8-4-5-10(15-8)11(14)12-6-2-3-9(12)7-13/h8-10,13H,2-7H2,1H3/t8?,9-,10?/m1/s1. The molecule has 1 N–H and O–H groups in total. The van der Waals surface area contributed by atoms with E-state index in [1.165, 1.54) is 0 Å². The Bertz CT molecular complexity index is 244. The van der Waals surface area contributed by atoms with E-state index in [9.17, 15) is 4.79 Å². The van der Waals surface area contributed by atoms with Crippen molar-refractivity contribution in [3.05, 3.63) is 0 Å². The molecular formula is C11H19NO3. The van der Waals surface area contributed by atoms with Gasteiger partial charge in [-0.15, -0.1) is 0 Å². The Morgan fingerprint density at radius 2 is 2.27 bits per heavy atom. The summed E-state index contributed by atoms with van der Waals surface area (Å²) < 4.78 is 5.56. The number of aliphatic hydroxyl groups is 1. The molecular weight excluding hydrogens is 194 g/mol. The van der Waals surface area contributed by atoms with Crippen molar-refractivity contribution in [3.63, 3.8) is 0 Å². The molecule has 0 aromatic carbocycles. The Kier molecular flexibility index (Phi) is 3.26. The van der Waals surface area contributed by atoms with Crippen molar-refractivity contribution in [2.45, 2.75) is 50.9 Å². The van der Waals surface area contributed by atoms with Gasteiger partial charge in [-0.3, -0.25) is 4.79 Å². The molecule has 15 heavy (non-hydrogen) atoms. The minimum absolute atomic E-state index is 0.0250. The number of likely N-dealkylation sites (tertiary alicyclic amines) is 1. The number of rotatable bonds is 2. The van der Waals surface area contributed by atoms with Crippen LogP contribution < -0.4 is 0 Å². The van der Waals surface area contributed by atoms with Crippen LogP contribution >= 0.6 is 0 Å². The van der Waals surface area contributed by atoms with Crippen molar-refractivity contribution in [1.29, 1.82) is 0 Å². The SMILES string of the molecule is CC1CCC(C(=O)N2CCC[C@@H]2CO)O1. The molecule has 1 amide bonds. The van der Waals surface area contributed by atoms with Crippen LogP contribution in [0.3, 0.4) is 0 Å². The molecule has 4 heteroatoms. The lowest BCUT2D eigenvalue weighted by Gasteiger charge is -2.25. The van der Waals surface area contributed by atoms with E-state index < -0.39 is 0 Å². The number of hydrogen-bond donors (Lipinski definition) is 1. The first-order valence-electron chi connectivity index (χ1n) is 5.79. The fourth-order valence-electron chi connectivity index (χ4n) is 2.48. The van der Waals surface area contributed by atoms with Crippen molar-refractivity contribution in [1.82, 2.24) is 4.90 Å². The van der Waals surface area contributed by atoms with Gasteiger partial charge >= 0.3 is 0 Å². The maximum Gasteiger partial charge on any atom is 0.252 e. The number of aliphatic hydroxyl groups excluding tert-OH is 1. The maximum atomic E-state index is 12.1. The molecule has 0 aromatic rings. The Morgan fingerprint density at radius 3 is 2.87 bits per heavy atom. The van der Waals surface area contributed by atoms with Gasteiger partial charge < -0.3 is 14.7 Å². The molecule has 4 nitrogen and oxygen atoms in total. The highest BCUT2D eigenvalue weighted by Crippen LogP contribution is 2.25. The summed E-state index contributed by atoms with van der Waals surface area (Å²) in [5.74, 6) is 0.0795. The van der Waals surface area contributed by atoms with E-state index in [1.54, 1.807) is 4.90 Å². The Hall–Kier alpha value is -0.610. The zero-order chi connectivity index (χ0) is 10.8. The minimum Gasteiger partial charge on any atom is -0.394 e. The summed E-state index contributed by atoms with van der Waals surface area (Å²) in [6.07, 6.45) is 3.66. The highest BCUT2D eigenvalue weighted by molar-refractivity contribution is 5.81. The first-order valence-corrected chi connectivity index (χ1v) is 5.79. The lowest BCUT2D eigenvalue weighted by atomic mass is 10.1.